The third kappa shape index (κ3) is 4.42. The maximum Gasteiger partial charge on any atom is 0.312 e. The van der Waals surface area contributed by atoms with Gasteiger partial charge in [0.1, 0.15) is 0 Å². The van der Waals surface area contributed by atoms with Crippen LogP contribution in [0.4, 0.5) is 0 Å². The van der Waals surface area contributed by atoms with Crippen LogP contribution in [0.25, 0.3) is 0 Å². The molecular weight excluding hydrogens is 386 g/mol. The number of benzene rings is 1. The number of methoxy groups -OCH3 is 2. The van der Waals surface area contributed by atoms with E-state index in [4.69, 9.17) is 9.47 Å². The summed E-state index contributed by atoms with van der Waals surface area (Å²) >= 11 is 0. The van der Waals surface area contributed by atoms with E-state index in [0.29, 0.717) is 62.8 Å². The molecule has 2 saturated heterocycles. The largest absolute Gasteiger partial charge is 0.493 e. The Morgan fingerprint density at radius 1 is 0.900 bits per heavy atom. The van der Waals surface area contributed by atoms with Crippen molar-refractivity contribution in [3.63, 3.8) is 0 Å². The molecule has 2 aliphatic rings. The fraction of sp³-hybridized carbons (Fsp3) is 0.500. The molecule has 1 aromatic rings. The molecule has 0 aliphatic carbocycles. The molecule has 0 bridgehead atoms. The van der Waals surface area contributed by atoms with Crippen molar-refractivity contribution in [1.29, 1.82) is 0 Å². The van der Waals surface area contributed by atoms with Gasteiger partial charge >= 0.3 is 11.8 Å². The number of hydrogen-bond acceptors (Lipinski definition) is 5. The molecule has 3 amide bonds. The normalized spacial score (nSPS) is 16.4. The van der Waals surface area contributed by atoms with Crippen molar-refractivity contribution in [3.05, 3.63) is 35.9 Å². The molecule has 3 rings (SSSR count). The third-order valence-corrected chi connectivity index (χ3v) is 5.60. The molecule has 2 heterocycles. The lowest BCUT2D eigenvalue weighted by Crippen LogP contribution is -2.54. The van der Waals surface area contributed by atoms with Crippen molar-refractivity contribution in [2.75, 3.05) is 53.5 Å². The van der Waals surface area contributed by atoms with Crippen molar-refractivity contribution in [1.82, 2.24) is 14.7 Å². The molecule has 0 radical (unpaired) electrons. The second kappa shape index (κ2) is 9.65. The van der Waals surface area contributed by atoms with Crippen LogP contribution in [0, 0.1) is 0 Å². The van der Waals surface area contributed by atoms with Gasteiger partial charge < -0.3 is 24.2 Å². The van der Waals surface area contributed by atoms with Gasteiger partial charge in [0.05, 0.1) is 14.2 Å². The molecule has 2 fully saturated rings. The summed E-state index contributed by atoms with van der Waals surface area (Å²) in [5, 5.41) is 0. The van der Waals surface area contributed by atoms with Crippen LogP contribution in [0.2, 0.25) is 0 Å². The maximum absolute atomic E-state index is 13.1. The Bertz CT molecular complexity index is 824. The van der Waals surface area contributed by atoms with E-state index >= 15 is 0 Å². The Labute approximate surface area is 177 Å². The van der Waals surface area contributed by atoms with E-state index in [1.54, 1.807) is 40.0 Å². The minimum absolute atomic E-state index is 0.140. The third-order valence-electron chi connectivity index (χ3n) is 5.60. The number of rotatable bonds is 5. The Morgan fingerprint density at radius 2 is 1.47 bits per heavy atom. The first-order valence-corrected chi connectivity index (χ1v) is 10.2. The second-order valence-corrected chi connectivity index (χ2v) is 7.45. The highest BCUT2D eigenvalue weighted by Crippen LogP contribution is 2.33. The fourth-order valence-electron chi connectivity index (χ4n) is 3.96. The molecule has 8 heteroatoms. The Kier molecular flexibility index (Phi) is 6.97. The zero-order valence-corrected chi connectivity index (χ0v) is 17.7. The average Bonchev–Trinajstić information content (AvgIpc) is 3.32. The standard InChI is InChI=1S/C22H29N3O5/c1-4-7-16-14-17(15-18(29-2)19(16)30-3)20(26)24-10-12-25(13-11-24)22(28)21(27)23-8-5-6-9-23/h4,14-15H,1,5-13H2,2-3H3. The van der Waals surface area contributed by atoms with Gasteiger partial charge in [0.2, 0.25) is 0 Å². The van der Waals surface area contributed by atoms with Crippen molar-refractivity contribution >= 4 is 17.7 Å². The molecular formula is C22H29N3O5. The molecule has 0 N–H and O–H groups in total. The van der Waals surface area contributed by atoms with Gasteiger partial charge in [-0.3, -0.25) is 14.4 Å². The van der Waals surface area contributed by atoms with Crippen molar-refractivity contribution in [2.45, 2.75) is 19.3 Å². The summed E-state index contributed by atoms with van der Waals surface area (Å²) in [4.78, 5) is 42.8. The summed E-state index contributed by atoms with van der Waals surface area (Å²) in [6.45, 7) is 6.50. The number of carbonyl (C=O) groups excluding carboxylic acids is 3. The zero-order chi connectivity index (χ0) is 21.7. The second-order valence-electron chi connectivity index (χ2n) is 7.45. The van der Waals surface area contributed by atoms with Gasteiger partial charge in [0.15, 0.2) is 11.5 Å². The van der Waals surface area contributed by atoms with E-state index in [1.807, 2.05) is 0 Å². The predicted molar refractivity (Wildman–Crippen MR) is 112 cm³/mol. The topological polar surface area (TPSA) is 79.4 Å². The quantitative estimate of drug-likeness (QED) is 0.536. The van der Waals surface area contributed by atoms with Gasteiger partial charge in [-0.05, 0) is 31.4 Å². The van der Waals surface area contributed by atoms with Crippen LogP contribution < -0.4 is 9.47 Å². The number of nitrogens with zero attached hydrogens (tertiary/aromatic N) is 3. The molecule has 0 saturated carbocycles. The van der Waals surface area contributed by atoms with Gasteiger partial charge in [0.25, 0.3) is 5.91 Å². The van der Waals surface area contributed by atoms with E-state index in [0.717, 1.165) is 18.4 Å². The van der Waals surface area contributed by atoms with E-state index in [1.165, 1.54) is 7.11 Å². The van der Waals surface area contributed by atoms with Gasteiger partial charge in [-0.1, -0.05) is 6.08 Å². The van der Waals surface area contributed by atoms with E-state index in [9.17, 15) is 14.4 Å². The summed E-state index contributed by atoms with van der Waals surface area (Å²) < 4.78 is 10.8. The van der Waals surface area contributed by atoms with Crippen LogP contribution >= 0.6 is 0 Å². The smallest absolute Gasteiger partial charge is 0.312 e. The van der Waals surface area contributed by atoms with Crippen LogP contribution in [0.5, 0.6) is 11.5 Å². The predicted octanol–water partition coefficient (Wildman–Crippen LogP) is 1.34. The Hall–Kier alpha value is -3.03. The van der Waals surface area contributed by atoms with Crippen molar-refractivity contribution in [3.8, 4) is 11.5 Å². The number of hydrogen-bond donors (Lipinski definition) is 0. The molecule has 0 atom stereocenters. The van der Waals surface area contributed by atoms with Crippen LogP contribution in [-0.2, 0) is 16.0 Å². The number of allylic oxidation sites excluding steroid dienone is 1. The lowest BCUT2D eigenvalue weighted by molar-refractivity contribution is -0.152. The highest BCUT2D eigenvalue weighted by Gasteiger charge is 2.32. The zero-order valence-electron chi connectivity index (χ0n) is 17.7. The van der Waals surface area contributed by atoms with Gasteiger partial charge in [-0.15, -0.1) is 6.58 Å². The molecule has 162 valence electrons. The molecule has 2 aliphatic heterocycles. The van der Waals surface area contributed by atoms with Crippen LogP contribution in [-0.4, -0.2) is 85.9 Å². The van der Waals surface area contributed by atoms with Crippen molar-refractivity contribution < 1.29 is 23.9 Å². The van der Waals surface area contributed by atoms with Gasteiger partial charge in [0, 0.05) is 50.4 Å². The molecule has 0 unspecified atom stereocenters. The summed E-state index contributed by atoms with van der Waals surface area (Å²) in [7, 11) is 3.09. The average molecular weight is 415 g/mol. The van der Waals surface area contributed by atoms with Crippen LogP contribution in [0.1, 0.15) is 28.8 Å². The van der Waals surface area contributed by atoms with E-state index in [2.05, 4.69) is 6.58 Å². The van der Waals surface area contributed by atoms with Gasteiger partial charge in [-0.2, -0.15) is 0 Å². The summed E-state index contributed by atoms with van der Waals surface area (Å²) in [5.74, 6) is 0.0406. The molecule has 0 aromatic heterocycles. The summed E-state index contributed by atoms with van der Waals surface area (Å²) in [5.41, 5.74) is 1.32. The fourth-order valence-corrected chi connectivity index (χ4v) is 3.96. The monoisotopic (exact) mass is 415 g/mol. The first-order valence-electron chi connectivity index (χ1n) is 10.2. The van der Waals surface area contributed by atoms with Gasteiger partial charge in [-0.25, -0.2) is 0 Å². The summed E-state index contributed by atoms with van der Waals surface area (Å²) in [6, 6.07) is 3.46. The highest BCUT2D eigenvalue weighted by atomic mass is 16.5. The highest BCUT2D eigenvalue weighted by molar-refractivity contribution is 6.35. The first kappa shape index (κ1) is 21.7. The molecule has 0 spiro atoms. The number of carbonyl (C=O) groups is 3. The molecule has 1 aromatic carbocycles. The maximum atomic E-state index is 13.1. The van der Waals surface area contributed by atoms with E-state index < -0.39 is 11.8 Å². The van der Waals surface area contributed by atoms with Crippen molar-refractivity contribution in [2.24, 2.45) is 0 Å². The lowest BCUT2D eigenvalue weighted by Gasteiger charge is -2.35. The minimum atomic E-state index is -0.469. The SMILES string of the molecule is C=CCc1cc(C(=O)N2CCN(C(=O)C(=O)N3CCCC3)CC2)cc(OC)c1OC. The number of amides is 3. The molecule has 30 heavy (non-hydrogen) atoms. The first-order chi connectivity index (χ1) is 14.5. The Balaban J connectivity index is 1.67. The Morgan fingerprint density at radius 3 is 2.00 bits per heavy atom. The lowest BCUT2D eigenvalue weighted by atomic mass is 10.0. The molecule has 8 nitrogen and oxygen atoms in total. The number of likely N-dealkylation sites (tertiary alicyclic amines) is 1. The minimum Gasteiger partial charge on any atom is -0.493 e. The number of piperazine rings is 1. The van der Waals surface area contributed by atoms with Crippen LogP contribution in [0.15, 0.2) is 24.8 Å². The van der Waals surface area contributed by atoms with E-state index in [-0.39, 0.29) is 5.91 Å². The summed E-state index contributed by atoms with van der Waals surface area (Å²) in [6.07, 6.45) is 4.18. The number of ether oxygens (including phenoxy) is 2. The van der Waals surface area contributed by atoms with Crippen LogP contribution in [0.3, 0.4) is 0 Å².